The molecule has 2 aromatic carbocycles. The number of aliphatic hydroxyl groups excluding tert-OH is 1. The largest absolute Gasteiger partial charge is 0.392 e. The summed E-state index contributed by atoms with van der Waals surface area (Å²) < 4.78 is 17.1. The first-order chi connectivity index (χ1) is 19.1. The number of pyridine rings is 2. The van der Waals surface area contributed by atoms with E-state index < -0.39 is 11.7 Å². The quantitative estimate of drug-likeness (QED) is 0.347. The Kier molecular flexibility index (Phi) is 6.78. The molecule has 39 heavy (non-hydrogen) atoms. The molecule has 1 amide bonds. The molecule has 2 N–H and O–H groups in total. The Morgan fingerprint density at radius 1 is 1.15 bits per heavy atom. The van der Waals surface area contributed by atoms with Crippen LogP contribution in [0.3, 0.4) is 0 Å². The van der Waals surface area contributed by atoms with E-state index in [-0.39, 0.29) is 18.2 Å². The lowest BCUT2D eigenvalue weighted by Gasteiger charge is -2.34. The molecule has 1 aliphatic rings. The third kappa shape index (κ3) is 4.75. The van der Waals surface area contributed by atoms with E-state index in [1.807, 2.05) is 30.3 Å². The lowest BCUT2D eigenvalue weighted by atomic mass is 10.0. The number of fused-ring (bicyclic) bond motifs is 2. The summed E-state index contributed by atoms with van der Waals surface area (Å²) in [6.07, 6.45) is 8.39. The van der Waals surface area contributed by atoms with Gasteiger partial charge in [0.15, 0.2) is 5.65 Å². The molecule has 0 bridgehead atoms. The monoisotopic (exact) mass is 523 g/mol. The van der Waals surface area contributed by atoms with Crippen molar-refractivity contribution in [3.63, 3.8) is 0 Å². The highest BCUT2D eigenvalue weighted by molar-refractivity contribution is 6.10. The summed E-state index contributed by atoms with van der Waals surface area (Å²) in [5.74, 6) is -0.663. The maximum Gasteiger partial charge on any atom is 0.262 e. The van der Waals surface area contributed by atoms with E-state index >= 15 is 4.39 Å². The number of aromatic nitrogens is 5. The lowest BCUT2D eigenvalue weighted by Crippen LogP contribution is -2.49. The number of benzene rings is 2. The molecule has 5 aromatic rings. The molecular weight excluding hydrogens is 497 g/mol. The zero-order chi connectivity index (χ0) is 26.8. The van der Waals surface area contributed by atoms with Crippen LogP contribution in [0, 0.1) is 5.82 Å². The van der Waals surface area contributed by atoms with Gasteiger partial charge in [-0.1, -0.05) is 29.5 Å². The van der Waals surface area contributed by atoms with Crippen molar-refractivity contribution in [2.24, 2.45) is 0 Å². The minimum Gasteiger partial charge on any atom is -0.392 e. The van der Waals surface area contributed by atoms with Gasteiger partial charge in [0.1, 0.15) is 17.2 Å². The molecule has 4 heterocycles. The molecule has 9 nitrogen and oxygen atoms in total. The highest BCUT2D eigenvalue weighted by Gasteiger charge is 2.31. The number of halogens is 1. The molecule has 1 atom stereocenters. The van der Waals surface area contributed by atoms with E-state index in [0.29, 0.717) is 29.2 Å². The number of anilines is 1. The van der Waals surface area contributed by atoms with E-state index in [1.165, 1.54) is 16.8 Å². The van der Waals surface area contributed by atoms with Gasteiger partial charge >= 0.3 is 0 Å². The number of carbonyl (C=O) groups is 1. The molecule has 196 valence electrons. The maximum atomic E-state index is 15.7. The summed E-state index contributed by atoms with van der Waals surface area (Å²) in [5.41, 5.74) is 2.31. The van der Waals surface area contributed by atoms with Crippen LogP contribution in [0.1, 0.15) is 28.8 Å². The van der Waals surface area contributed by atoms with Crippen LogP contribution in [0.2, 0.25) is 0 Å². The standard InChI is InChI=1S/C29H26FN7O2/c30-25-17-21(37-28-26(34-35-37)6-2-13-32-28)9-10-23(25)29(39)36(22-5-1-12-31-18-22)27-24-16-19(4-3-15-38)7-8-20(24)11-14-33-27/h2-4,6-11,13-14,16-17,22,31,38H,1,5,12,15,18H2/b4-3+/t22-/m1/s1. The summed E-state index contributed by atoms with van der Waals surface area (Å²) in [5, 5.41) is 22.4. The van der Waals surface area contributed by atoms with Crippen LogP contribution in [-0.4, -0.2) is 61.7 Å². The summed E-state index contributed by atoms with van der Waals surface area (Å²) >= 11 is 0. The number of carbonyl (C=O) groups excluding carboxylic acids is 1. The number of rotatable bonds is 6. The Balaban J connectivity index is 1.43. The Morgan fingerprint density at radius 2 is 2.08 bits per heavy atom. The lowest BCUT2D eigenvalue weighted by molar-refractivity contribution is 0.0968. The number of piperidine rings is 1. The number of nitrogens with zero attached hydrogens (tertiary/aromatic N) is 6. The zero-order valence-electron chi connectivity index (χ0n) is 21.0. The van der Waals surface area contributed by atoms with Crippen LogP contribution in [0.5, 0.6) is 0 Å². The van der Waals surface area contributed by atoms with Crippen molar-refractivity contribution in [2.45, 2.75) is 18.9 Å². The average Bonchev–Trinajstić information content (AvgIpc) is 3.41. The first kappa shape index (κ1) is 24.8. The van der Waals surface area contributed by atoms with Crippen molar-refractivity contribution in [3.8, 4) is 5.69 Å². The Morgan fingerprint density at radius 3 is 2.90 bits per heavy atom. The Labute approximate surface area is 223 Å². The number of hydrogen-bond acceptors (Lipinski definition) is 7. The predicted octanol–water partition coefficient (Wildman–Crippen LogP) is 3.91. The normalized spacial score (nSPS) is 15.8. The van der Waals surface area contributed by atoms with Gasteiger partial charge in [-0.15, -0.1) is 5.10 Å². The highest BCUT2D eigenvalue weighted by Crippen LogP contribution is 2.31. The van der Waals surface area contributed by atoms with Crippen molar-refractivity contribution in [3.05, 3.63) is 90.0 Å². The maximum absolute atomic E-state index is 15.7. The Bertz CT molecular complexity index is 1690. The van der Waals surface area contributed by atoms with Gasteiger partial charge in [0.25, 0.3) is 5.91 Å². The second kappa shape index (κ2) is 10.7. The summed E-state index contributed by atoms with van der Waals surface area (Å²) in [4.78, 5) is 24.6. The first-order valence-corrected chi connectivity index (χ1v) is 12.8. The topological polar surface area (TPSA) is 109 Å². The van der Waals surface area contributed by atoms with Gasteiger partial charge in [-0.2, -0.15) is 4.68 Å². The van der Waals surface area contributed by atoms with Gasteiger partial charge in [0.05, 0.1) is 23.9 Å². The minimum absolute atomic E-state index is 0.0585. The number of nitrogens with one attached hydrogen (secondary N) is 1. The molecule has 1 saturated heterocycles. The van der Waals surface area contributed by atoms with Crippen molar-refractivity contribution in [1.82, 2.24) is 30.3 Å². The predicted molar refractivity (Wildman–Crippen MR) is 147 cm³/mol. The van der Waals surface area contributed by atoms with Gasteiger partial charge in [-0.3, -0.25) is 9.69 Å². The fourth-order valence-electron chi connectivity index (χ4n) is 5.02. The zero-order valence-corrected chi connectivity index (χ0v) is 21.0. The van der Waals surface area contributed by atoms with Gasteiger partial charge in [0, 0.05) is 30.4 Å². The van der Waals surface area contributed by atoms with Crippen LogP contribution in [0.15, 0.2) is 73.1 Å². The van der Waals surface area contributed by atoms with Crippen molar-refractivity contribution in [2.75, 3.05) is 24.6 Å². The molecule has 1 fully saturated rings. The van der Waals surface area contributed by atoms with Crippen LogP contribution >= 0.6 is 0 Å². The van der Waals surface area contributed by atoms with Gasteiger partial charge in [0.2, 0.25) is 0 Å². The van der Waals surface area contributed by atoms with Crippen molar-refractivity contribution >= 4 is 39.7 Å². The summed E-state index contributed by atoms with van der Waals surface area (Å²) in [7, 11) is 0. The molecule has 10 heteroatoms. The SMILES string of the molecule is O=C(c1ccc(-n2nnc3cccnc32)cc1F)N(c1nccc2ccc(/C=C/CO)cc12)[C@@H]1CCCNC1. The smallest absolute Gasteiger partial charge is 0.262 e. The van der Waals surface area contributed by atoms with Crippen LogP contribution in [-0.2, 0) is 0 Å². The van der Waals surface area contributed by atoms with E-state index in [4.69, 9.17) is 0 Å². The summed E-state index contributed by atoms with van der Waals surface area (Å²) in [6.45, 7) is 1.36. The second-order valence-corrected chi connectivity index (χ2v) is 9.39. The molecule has 0 radical (unpaired) electrons. The van der Waals surface area contributed by atoms with Crippen LogP contribution in [0.25, 0.3) is 33.7 Å². The molecule has 1 aliphatic heterocycles. The van der Waals surface area contributed by atoms with E-state index in [1.54, 1.807) is 41.6 Å². The van der Waals surface area contributed by atoms with Crippen molar-refractivity contribution in [1.29, 1.82) is 0 Å². The fraction of sp³-hybridized carbons (Fsp3) is 0.207. The third-order valence-electron chi connectivity index (χ3n) is 6.90. The van der Waals surface area contributed by atoms with E-state index in [9.17, 15) is 9.90 Å². The molecular formula is C29H26FN7O2. The minimum atomic E-state index is -0.669. The highest BCUT2D eigenvalue weighted by atomic mass is 19.1. The Hall–Kier alpha value is -4.54. The van der Waals surface area contributed by atoms with E-state index in [0.717, 1.165) is 35.7 Å². The molecule has 6 rings (SSSR count). The van der Waals surface area contributed by atoms with Gasteiger partial charge in [-0.25, -0.2) is 14.4 Å². The molecule has 0 aliphatic carbocycles. The molecule has 3 aromatic heterocycles. The third-order valence-corrected chi connectivity index (χ3v) is 6.90. The van der Waals surface area contributed by atoms with Crippen molar-refractivity contribution < 1.29 is 14.3 Å². The van der Waals surface area contributed by atoms with Crippen LogP contribution in [0.4, 0.5) is 10.2 Å². The molecule has 0 unspecified atom stereocenters. The average molecular weight is 524 g/mol. The number of aliphatic hydroxyl groups is 1. The number of amides is 1. The fourth-order valence-corrected chi connectivity index (χ4v) is 5.02. The molecule has 0 saturated carbocycles. The number of hydrogen-bond donors (Lipinski definition) is 2. The van der Waals surface area contributed by atoms with Gasteiger partial charge in [-0.05, 0) is 66.7 Å². The first-order valence-electron chi connectivity index (χ1n) is 12.8. The molecule has 0 spiro atoms. The van der Waals surface area contributed by atoms with Gasteiger partial charge < -0.3 is 10.4 Å². The summed E-state index contributed by atoms with van der Waals surface area (Å²) in [6, 6.07) is 15.4. The van der Waals surface area contributed by atoms with Crippen LogP contribution < -0.4 is 10.2 Å². The van der Waals surface area contributed by atoms with E-state index in [2.05, 4.69) is 25.6 Å². The second-order valence-electron chi connectivity index (χ2n) is 9.39.